The first-order chi connectivity index (χ1) is 12.7. The highest BCUT2D eigenvalue weighted by Gasteiger charge is 2.43. The summed E-state index contributed by atoms with van der Waals surface area (Å²) in [6, 6.07) is 9.53. The largest absolute Gasteiger partial charge is 0.487 e. The topological polar surface area (TPSA) is 48.9 Å². The first-order valence-electron chi connectivity index (χ1n) is 10.1. The summed E-state index contributed by atoms with van der Waals surface area (Å²) < 4.78 is 6.46. The second kappa shape index (κ2) is 8.99. The zero-order chi connectivity index (χ0) is 18.0. The van der Waals surface area contributed by atoms with Gasteiger partial charge in [-0.15, -0.1) is 24.0 Å². The Bertz CT molecular complexity index is 655. The van der Waals surface area contributed by atoms with Gasteiger partial charge in [-0.05, 0) is 51.6 Å². The van der Waals surface area contributed by atoms with E-state index in [9.17, 15) is 0 Å². The molecule has 1 aromatic rings. The maximum absolute atomic E-state index is 6.46. The van der Waals surface area contributed by atoms with Gasteiger partial charge in [0.15, 0.2) is 5.96 Å². The average molecular weight is 484 g/mol. The van der Waals surface area contributed by atoms with Gasteiger partial charge in [0.25, 0.3) is 0 Å². The van der Waals surface area contributed by atoms with Crippen molar-refractivity contribution < 1.29 is 4.74 Å². The summed E-state index contributed by atoms with van der Waals surface area (Å²) in [7, 11) is 4.07. The SMILES string of the molecule is CN=C(NCCN(C)C1CC1)NC1CC2(CCCC2)Oc2ccccc21.I. The molecular weight excluding hydrogens is 451 g/mol. The monoisotopic (exact) mass is 484 g/mol. The lowest BCUT2D eigenvalue weighted by Crippen LogP contribution is -2.47. The van der Waals surface area contributed by atoms with Gasteiger partial charge in [0.2, 0.25) is 0 Å². The molecule has 0 saturated heterocycles. The Kier molecular flexibility index (Phi) is 6.89. The van der Waals surface area contributed by atoms with E-state index in [-0.39, 0.29) is 35.6 Å². The summed E-state index contributed by atoms with van der Waals surface area (Å²) in [5.41, 5.74) is 1.26. The third kappa shape index (κ3) is 4.88. The van der Waals surface area contributed by atoms with E-state index in [1.54, 1.807) is 0 Å². The van der Waals surface area contributed by atoms with E-state index in [1.807, 2.05) is 7.05 Å². The Morgan fingerprint density at radius 2 is 2.00 bits per heavy atom. The number of aliphatic imine (C=N–C) groups is 1. The molecule has 0 bridgehead atoms. The van der Waals surface area contributed by atoms with Gasteiger partial charge < -0.3 is 20.3 Å². The molecule has 27 heavy (non-hydrogen) atoms. The van der Waals surface area contributed by atoms with Gasteiger partial charge >= 0.3 is 0 Å². The molecule has 1 spiro atoms. The minimum absolute atomic E-state index is 0. The van der Waals surface area contributed by atoms with E-state index in [4.69, 9.17) is 4.74 Å². The predicted octanol–water partition coefficient (Wildman–Crippen LogP) is 3.70. The lowest BCUT2D eigenvalue weighted by molar-refractivity contribution is 0.0396. The molecule has 5 nitrogen and oxygen atoms in total. The van der Waals surface area contributed by atoms with E-state index in [0.29, 0.717) is 0 Å². The summed E-state index contributed by atoms with van der Waals surface area (Å²) >= 11 is 0. The molecule has 1 unspecified atom stereocenters. The molecule has 4 rings (SSSR count). The molecular formula is C21H33IN4O. The van der Waals surface area contributed by atoms with Crippen LogP contribution in [0.25, 0.3) is 0 Å². The Morgan fingerprint density at radius 3 is 2.70 bits per heavy atom. The van der Waals surface area contributed by atoms with Crippen molar-refractivity contribution in [2.24, 2.45) is 4.99 Å². The first-order valence-corrected chi connectivity index (χ1v) is 10.1. The molecule has 6 heteroatoms. The molecule has 2 fully saturated rings. The van der Waals surface area contributed by atoms with Crippen LogP contribution in [0.3, 0.4) is 0 Å². The zero-order valence-corrected chi connectivity index (χ0v) is 18.9. The van der Waals surface area contributed by atoms with Crippen LogP contribution in [0.2, 0.25) is 0 Å². The van der Waals surface area contributed by atoms with Crippen LogP contribution in [0.5, 0.6) is 5.75 Å². The highest BCUT2D eigenvalue weighted by atomic mass is 127. The van der Waals surface area contributed by atoms with Crippen molar-refractivity contribution >= 4 is 29.9 Å². The van der Waals surface area contributed by atoms with Crippen LogP contribution in [0.4, 0.5) is 0 Å². The summed E-state index contributed by atoms with van der Waals surface area (Å²) in [5.74, 6) is 1.94. The van der Waals surface area contributed by atoms with Gasteiger partial charge in [-0.2, -0.15) is 0 Å². The van der Waals surface area contributed by atoms with Crippen LogP contribution in [-0.4, -0.2) is 49.7 Å². The summed E-state index contributed by atoms with van der Waals surface area (Å²) in [5, 5.41) is 7.17. The molecule has 3 aliphatic rings. The van der Waals surface area contributed by atoms with Crippen molar-refractivity contribution in [2.75, 3.05) is 27.2 Å². The number of likely N-dealkylation sites (N-methyl/N-ethyl adjacent to an activating group) is 1. The molecule has 1 atom stereocenters. The molecule has 2 aliphatic carbocycles. The molecule has 0 aromatic heterocycles. The lowest BCUT2D eigenvalue weighted by Gasteiger charge is -2.40. The van der Waals surface area contributed by atoms with E-state index in [0.717, 1.165) is 50.1 Å². The Morgan fingerprint density at radius 1 is 1.26 bits per heavy atom. The molecule has 150 valence electrons. The first kappa shape index (κ1) is 20.7. The minimum atomic E-state index is 0. The smallest absolute Gasteiger partial charge is 0.191 e. The molecule has 2 saturated carbocycles. The number of ether oxygens (including phenoxy) is 1. The van der Waals surface area contributed by atoms with E-state index < -0.39 is 0 Å². The van der Waals surface area contributed by atoms with Crippen molar-refractivity contribution in [1.82, 2.24) is 15.5 Å². The van der Waals surface area contributed by atoms with Crippen LogP contribution >= 0.6 is 24.0 Å². The quantitative estimate of drug-likeness (QED) is 0.380. The van der Waals surface area contributed by atoms with E-state index >= 15 is 0 Å². The molecule has 0 amide bonds. The third-order valence-corrected chi connectivity index (χ3v) is 6.17. The molecule has 1 aromatic carbocycles. The maximum Gasteiger partial charge on any atom is 0.191 e. The zero-order valence-electron chi connectivity index (χ0n) is 16.5. The second-order valence-electron chi connectivity index (χ2n) is 8.14. The number of para-hydroxylation sites is 1. The molecule has 1 heterocycles. The number of rotatable bonds is 5. The molecule has 2 N–H and O–H groups in total. The standard InChI is InChI=1S/C21H32N4O.HI/c1-22-20(23-13-14-25(2)16-9-10-16)24-18-15-21(11-5-6-12-21)26-19-8-4-3-7-17(18)19;/h3-4,7-8,16,18H,5-6,9-15H2,1-2H3,(H2,22,23,24);1H. The van der Waals surface area contributed by atoms with Crippen LogP contribution in [0.15, 0.2) is 29.3 Å². The van der Waals surface area contributed by atoms with Gasteiger partial charge in [0.1, 0.15) is 11.4 Å². The van der Waals surface area contributed by atoms with Crippen molar-refractivity contribution in [3.63, 3.8) is 0 Å². The number of hydrogen-bond donors (Lipinski definition) is 2. The number of halogens is 1. The normalized spacial score (nSPS) is 23.5. The second-order valence-corrected chi connectivity index (χ2v) is 8.14. The van der Waals surface area contributed by atoms with Crippen LogP contribution < -0.4 is 15.4 Å². The Balaban J connectivity index is 0.00000210. The van der Waals surface area contributed by atoms with Gasteiger partial charge in [0, 0.05) is 38.2 Å². The third-order valence-electron chi connectivity index (χ3n) is 6.17. The minimum Gasteiger partial charge on any atom is -0.487 e. The fourth-order valence-corrected chi connectivity index (χ4v) is 4.48. The average Bonchev–Trinajstić information content (AvgIpc) is 3.42. The molecule has 1 aliphatic heterocycles. The highest BCUT2D eigenvalue weighted by molar-refractivity contribution is 14.0. The number of nitrogens with zero attached hydrogens (tertiary/aromatic N) is 2. The maximum atomic E-state index is 6.46. The van der Waals surface area contributed by atoms with Gasteiger partial charge in [-0.1, -0.05) is 18.2 Å². The van der Waals surface area contributed by atoms with Crippen LogP contribution in [-0.2, 0) is 0 Å². The van der Waals surface area contributed by atoms with Crippen molar-refractivity contribution in [2.45, 2.75) is 62.6 Å². The van der Waals surface area contributed by atoms with Crippen LogP contribution in [0, 0.1) is 0 Å². The lowest BCUT2D eigenvalue weighted by atomic mass is 9.86. The van der Waals surface area contributed by atoms with Crippen molar-refractivity contribution in [1.29, 1.82) is 0 Å². The Hall–Kier alpha value is -1.02. The number of nitrogens with one attached hydrogen (secondary N) is 2. The number of guanidine groups is 1. The fraction of sp³-hybridized carbons (Fsp3) is 0.667. The molecule has 0 radical (unpaired) electrons. The predicted molar refractivity (Wildman–Crippen MR) is 121 cm³/mol. The summed E-state index contributed by atoms with van der Waals surface area (Å²) in [4.78, 5) is 6.90. The number of hydrogen-bond acceptors (Lipinski definition) is 3. The van der Waals surface area contributed by atoms with Crippen LogP contribution in [0.1, 0.15) is 56.6 Å². The summed E-state index contributed by atoms with van der Waals surface area (Å²) in [6.07, 6.45) is 8.60. The number of fused-ring (bicyclic) bond motifs is 1. The fourth-order valence-electron chi connectivity index (χ4n) is 4.48. The van der Waals surface area contributed by atoms with Crippen molar-refractivity contribution in [3.8, 4) is 5.75 Å². The van der Waals surface area contributed by atoms with Crippen molar-refractivity contribution in [3.05, 3.63) is 29.8 Å². The summed E-state index contributed by atoms with van der Waals surface area (Å²) in [6.45, 7) is 1.97. The van der Waals surface area contributed by atoms with E-state index in [1.165, 1.54) is 31.2 Å². The van der Waals surface area contributed by atoms with Gasteiger partial charge in [-0.3, -0.25) is 4.99 Å². The highest BCUT2D eigenvalue weighted by Crippen LogP contribution is 2.46. The Labute approximate surface area is 180 Å². The van der Waals surface area contributed by atoms with Gasteiger partial charge in [0.05, 0.1) is 6.04 Å². The van der Waals surface area contributed by atoms with E-state index in [2.05, 4.69) is 51.8 Å². The van der Waals surface area contributed by atoms with Gasteiger partial charge in [-0.25, -0.2) is 0 Å². The number of benzene rings is 1.